The average Bonchev–Trinajstić information content (AvgIpc) is 3.28. The van der Waals surface area contributed by atoms with Crippen molar-refractivity contribution in [1.29, 1.82) is 0 Å². The lowest BCUT2D eigenvalue weighted by Crippen LogP contribution is -2.24. The van der Waals surface area contributed by atoms with E-state index in [0.29, 0.717) is 29.6 Å². The quantitative estimate of drug-likeness (QED) is 0.672. The van der Waals surface area contributed by atoms with Crippen LogP contribution in [0.3, 0.4) is 0 Å². The summed E-state index contributed by atoms with van der Waals surface area (Å²) in [4.78, 5) is 18.3. The zero-order valence-corrected chi connectivity index (χ0v) is 15.1. The smallest absolute Gasteiger partial charge is 0.257 e. The molecule has 1 fully saturated rings. The third-order valence-electron chi connectivity index (χ3n) is 4.65. The van der Waals surface area contributed by atoms with Gasteiger partial charge in [-0.3, -0.25) is 4.79 Å². The molecule has 1 aliphatic rings. The molecule has 144 valence electrons. The number of carbonyl (C=O) groups excluding carboxylic acids is 1. The van der Waals surface area contributed by atoms with Gasteiger partial charge in [0.1, 0.15) is 17.4 Å². The largest absolute Gasteiger partial charge is 0.497 e. The number of methoxy groups -OCH3 is 1. The number of likely N-dealkylation sites (tertiary alicyclic amines) is 1. The van der Waals surface area contributed by atoms with Crippen molar-refractivity contribution >= 4 is 5.91 Å². The van der Waals surface area contributed by atoms with Crippen molar-refractivity contribution in [3.8, 4) is 17.2 Å². The van der Waals surface area contributed by atoms with Gasteiger partial charge < -0.3 is 14.2 Å². The van der Waals surface area contributed by atoms with Gasteiger partial charge in [0, 0.05) is 37.1 Å². The third-order valence-corrected chi connectivity index (χ3v) is 4.65. The Hall–Kier alpha value is -3.29. The summed E-state index contributed by atoms with van der Waals surface area (Å²) in [5.41, 5.74) is 1.15. The number of aromatic nitrogens is 2. The van der Waals surface area contributed by atoms with Crippen LogP contribution in [0.25, 0.3) is 11.5 Å². The minimum Gasteiger partial charge on any atom is -0.497 e. The van der Waals surface area contributed by atoms with Crippen LogP contribution < -0.4 is 4.74 Å². The van der Waals surface area contributed by atoms with Crippen molar-refractivity contribution in [2.75, 3.05) is 13.7 Å². The highest BCUT2D eigenvalue weighted by molar-refractivity contribution is 5.79. The maximum absolute atomic E-state index is 13.4. The Kier molecular flexibility index (Phi) is 4.77. The number of ether oxygens (including phenoxy) is 1. The minimum atomic E-state index is -0.666. The highest BCUT2D eigenvalue weighted by Gasteiger charge is 2.33. The van der Waals surface area contributed by atoms with Gasteiger partial charge in [-0.25, -0.2) is 8.78 Å². The monoisotopic (exact) mass is 385 g/mol. The first-order chi connectivity index (χ1) is 13.5. The number of rotatable bonds is 5. The SMILES string of the molecule is COc1ccc(-c2nc(C3CC(=O)N(Cc4cc(F)cc(F)c4)C3)no2)cc1. The molecule has 1 atom stereocenters. The normalized spacial score (nSPS) is 16.6. The molecular weight excluding hydrogens is 368 g/mol. The molecule has 1 amide bonds. The van der Waals surface area contributed by atoms with Crippen LogP contribution in [0.4, 0.5) is 8.78 Å². The second-order valence-electron chi connectivity index (χ2n) is 6.64. The summed E-state index contributed by atoms with van der Waals surface area (Å²) in [7, 11) is 1.58. The van der Waals surface area contributed by atoms with Gasteiger partial charge in [-0.05, 0) is 42.0 Å². The van der Waals surface area contributed by atoms with Gasteiger partial charge in [0.15, 0.2) is 5.82 Å². The fourth-order valence-electron chi connectivity index (χ4n) is 3.27. The molecule has 3 aromatic rings. The van der Waals surface area contributed by atoms with Gasteiger partial charge in [-0.2, -0.15) is 4.98 Å². The van der Waals surface area contributed by atoms with Crippen molar-refractivity contribution in [3.63, 3.8) is 0 Å². The van der Waals surface area contributed by atoms with E-state index < -0.39 is 11.6 Å². The molecule has 4 rings (SSSR count). The van der Waals surface area contributed by atoms with E-state index in [4.69, 9.17) is 9.26 Å². The molecule has 1 aliphatic heterocycles. The topological polar surface area (TPSA) is 68.5 Å². The van der Waals surface area contributed by atoms with Crippen molar-refractivity contribution in [2.45, 2.75) is 18.9 Å². The van der Waals surface area contributed by atoms with Crippen molar-refractivity contribution in [2.24, 2.45) is 0 Å². The van der Waals surface area contributed by atoms with E-state index in [-0.39, 0.29) is 24.8 Å². The molecule has 6 nitrogen and oxygen atoms in total. The second kappa shape index (κ2) is 7.38. The molecule has 8 heteroatoms. The fraction of sp³-hybridized carbons (Fsp3) is 0.250. The van der Waals surface area contributed by atoms with E-state index in [1.165, 1.54) is 12.1 Å². The molecule has 0 radical (unpaired) electrons. The first kappa shape index (κ1) is 18.1. The Morgan fingerprint density at radius 3 is 2.57 bits per heavy atom. The van der Waals surface area contributed by atoms with Gasteiger partial charge in [-0.15, -0.1) is 0 Å². The number of nitrogens with zero attached hydrogens (tertiary/aromatic N) is 3. The molecule has 28 heavy (non-hydrogen) atoms. The van der Waals surface area contributed by atoms with E-state index in [1.807, 2.05) is 0 Å². The predicted molar refractivity (Wildman–Crippen MR) is 95.4 cm³/mol. The van der Waals surface area contributed by atoms with Crippen LogP contribution in [0.15, 0.2) is 47.0 Å². The van der Waals surface area contributed by atoms with Crippen LogP contribution in [-0.2, 0) is 11.3 Å². The van der Waals surface area contributed by atoms with E-state index in [0.717, 1.165) is 11.6 Å². The highest BCUT2D eigenvalue weighted by atomic mass is 19.1. The summed E-state index contributed by atoms with van der Waals surface area (Å²) in [6.45, 7) is 0.492. The van der Waals surface area contributed by atoms with Gasteiger partial charge in [0.05, 0.1) is 7.11 Å². The number of amides is 1. The molecule has 0 aliphatic carbocycles. The zero-order valence-electron chi connectivity index (χ0n) is 15.1. The predicted octanol–water partition coefficient (Wildman–Crippen LogP) is 3.54. The highest BCUT2D eigenvalue weighted by Crippen LogP contribution is 2.29. The summed E-state index contributed by atoms with van der Waals surface area (Å²) in [5.74, 6) is -0.176. The minimum absolute atomic E-state index is 0.120. The lowest BCUT2D eigenvalue weighted by Gasteiger charge is -2.16. The van der Waals surface area contributed by atoms with Crippen LogP contribution in [0.2, 0.25) is 0 Å². The lowest BCUT2D eigenvalue weighted by atomic mass is 10.1. The van der Waals surface area contributed by atoms with E-state index in [1.54, 1.807) is 36.3 Å². The van der Waals surface area contributed by atoms with E-state index >= 15 is 0 Å². The van der Waals surface area contributed by atoms with Gasteiger partial charge >= 0.3 is 0 Å². The molecule has 0 bridgehead atoms. The Morgan fingerprint density at radius 1 is 1.18 bits per heavy atom. The summed E-state index contributed by atoms with van der Waals surface area (Å²) in [6, 6.07) is 10.4. The fourth-order valence-corrected chi connectivity index (χ4v) is 3.27. The number of hydrogen-bond acceptors (Lipinski definition) is 5. The summed E-state index contributed by atoms with van der Waals surface area (Å²) < 4.78 is 37.2. The second-order valence-corrected chi connectivity index (χ2v) is 6.64. The molecule has 1 unspecified atom stereocenters. The number of halogens is 2. The first-order valence-electron chi connectivity index (χ1n) is 8.72. The summed E-state index contributed by atoms with van der Waals surface area (Å²) in [6.07, 6.45) is 0.222. The number of benzene rings is 2. The number of hydrogen-bond donors (Lipinski definition) is 0. The van der Waals surface area contributed by atoms with Crippen molar-refractivity contribution < 1.29 is 22.8 Å². The Labute approximate surface area is 159 Å². The lowest BCUT2D eigenvalue weighted by molar-refractivity contribution is -0.128. The van der Waals surface area contributed by atoms with E-state index in [9.17, 15) is 13.6 Å². The van der Waals surface area contributed by atoms with Gasteiger partial charge in [0.2, 0.25) is 5.91 Å². The zero-order chi connectivity index (χ0) is 19.7. The molecule has 1 saturated heterocycles. The van der Waals surface area contributed by atoms with Crippen molar-refractivity contribution in [3.05, 3.63) is 65.5 Å². The maximum atomic E-state index is 13.4. The Bertz CT molecular complexity index is 984. The van der Waals surface area contributed by atoms with Gasteiger partial charge in [0.25, 0.3) is 5.89 Å². The van der Waals surface area contributed by atoms with Crippen molar-refractivity contribution in [1.82, 2.24) is 15.0 Å². The third kappa shape index (κ3) is 3.71. The Morgan fingerprint density at radius 2 is 1.89 bits per heavy atom. The Balaban J connectivity index is 1.47. The van der Waals surface area contributed by atoms with Crippen LogP contribution in [0, 0.1) is 11.6 Å². The van der Waals surface area contributed by atoms with E-state index in [2.05, 4.69) is 10.1 Å². The number of carbonyl (C=O) groups is 1. The average molecular weight is 385 g/mol. The molecule has 0 saturated carbocycles. The molecule has 2 aromatic carbocycles. The van der Waals surface area contributed by atoms with Crippen LogP contribution in [0.5, 0.6) is 5.75 Å². The summed E-state index contributed by atoms with van der Waals surface area (Å²) >= 11 is 0. The molecule has 2 heterocycles. The summed E-state index contributed by atoms with van der Waals surface area (Å²) in [5, 5.41) is 4.01. The van der Waals surface area contributed by atoms with Gasteiger partial charge in [-0.1, -0.05) is 5.16 Å². The van der Waals surface area contributed by atoms with Crippen LogP contribution in [0.1, 0.15) is 23.7 Å². The molecule has 1 aromatic heterocycles. The molecule has 0 N–H and O–H groups in total. The van der Waals surface area contributed by atoms with Crippen LogP contribution >= 0.6 is 0 Å². The van der Waals surface area contributed by atoms with Crippen LogP contribution in [-0.4, -0.2) is 34.6 Å². The molecular formula is C20H17F2N3O3. The standard InChI is InChI=1S/C20H17F2N3O3/c1-27-17-4-2-13(3-5-17)20-23-19(24-28-20)14-8-18(26)25(11-14)10-12-6-15(21)9-16(22)7-12/h2-7,9,14H,8,10-11H2,1H3. The first-order valence-corrected chi connectivity index (χ1v) is 8.72. The maximum Gasteiger partial charge on any atom is 0.257 e. The molecule has 0 spiro atoms.